The van der Waals surface area contributed by atoms with E-state index < -0.39 is 5.97 Å². The average Bonchev–Trinajstić information content (AvgIpc) is 2.32. The fraction of sp³-hybridized carbons (Fsp3) is 0.357. The van der Waals surface area contributed by atoms with Gasteiger partial charge < -0.3 is 10.2 Å². The molecule has 2 N–H and O–H groups in total. The number of benzene rings is 1. The molecule has 0 heterocycles. The van der Waals surface area contributed by atoms with Gasteiger partial charge in [0, 0.05) is 5.57 Å². The van der Waals surface area contributed by atoms with E-state index in [1.807, 2.05) is 12.1 Å². The Bertz CT molecular complexity index is 364. The molecular formula is C14H20O3. The number of aliphatic carboxylic acids is 1. The lowest BCUT2D eigenvalue weighted by atomic mass is 10.1. The number of allylic oxidation sites excluding steroid dienone is 1. The van der Waals surface area contributed by atoms with Crippen molar-refractivity contribution < 1.29 is 15.0 Å². The van der Waals surface area contributed by atoms with Crippen molar-refractivity contribution in [2.45, 2.75) is 33.6 Å². The Labute approximate surface area is 102 Å². The Hall–Kier alpha value is -1.77. The first kappa shape index (κ1) is 15.2. The van der Waals surface area contributed by atoms with Crippen LogP contribution in [0.25, 0.3) is 0 Å². The van der Waals surface area contributed by atoms with Gasteiger partial charge in [0.05, 0.1) is 0 Å². The second kappa shape index (κ2) is 8.39. The monoisotopic (exact) mass is 236 g/mol. The van der Waals surface area contributed by atoms with Crippen LogP contribution < -0.4 is 0 Å². The summed E-state index contributed by atoms with van der Waals surface area (Å²) in [6, 6.07) is 7.37. The molecule has 0 bridgehead atoms. The minimum absolute atomic E-state index is 0.347. The predicted molar refractivity (Wildman–Crippen MR) is 69.2 cm³/mol. The lowest BCUT2D eigenvalue weighted by molar-refractivity contribution is -0.132. The van der Waals surface area contributed by atoms with Crippen molar-refractivity contribution >= 4 is 5.97 Å². The van der Waals surface area contributed by atoms with Crippen molar-refractivity contribution in [3.63, 3.8) is 0 Å². The molecule has 94 valence electrons. The second-order valence-electron chi connectivity index (χ2n) is 3.69. The van der Waals surface area contributed by atoms with Crippen LogP contribution in [0.2, 0.25) is 0 Å². The van der Waals surface area contributed by atoms with E-state index in [0.29, 0.717) is 11.3 Å². The molecule has 0 spiro atoms. The largest absolute Gasteiger partial charge is 0.508 e. The van der Waals surface area contributed by atoms with E-state index in [1.54, 1.807) is 32.1 Å². The molecule has 0 amide bonds. The van der Waals surface area contributed by atoms with E-state index in [2.05, 4.69) is 6.92 Å². The molecule has 0 radical (unpaired) electrons. The molecule has 0 saturated carbocycles. The van der Waals surface area contributed by atoms with Gasteiger partial charge in [0.1, 0.15) is 5.75 Å². The summed E-state index contributed by atoms with van der Waals surface area (Å²) in [5.74, 6) is -0.498. The Kier molecular flexibility index (Phi) is 7.52. The molecule has 17 heavy (non-hydrogen) atoms. The quantitative estimate of drug-likeness (QED) is 0.791. The molecule has 1 rings (SSSR count). The SMILES string of the molecule is CC=C(C)C(=O)O.CCCc1ccc(O)cc1. The van der Waals surface area contributed by atoms with Crippen LogP contribution in [-0.2, 0) is 11.2 Å². The van der Waals surface area contributed by atoms with E-state index in [1.165, 1.54) is 5.56 Å². The van der Waals surface area contributed by atoms with Crippen LogP contribution in [0, 0.1) is 0 Å². The lowest BCUT2D eigenvalue weighted by Gasteiger charge is -1.96. The van der Waals surface area contributed by atoms with Gasteiger partial charge in [-0.05, 0) is 38.0 Å². The van der Waals surface area contributed by atoms with Gasteiger partial charge in [-0.3, -0.25) is 0 Å². The van der Waals surface area contributed by atoms with Crippen molar-refractivity contribution in [1.82, 2.24) is 0 Å². The maximum atomic E-state index is 9.86. The second-order valence-corrected chi connectivity index (χ2v) is 3.69. The third-order valence-electron chi connectivity index (χ3n) is 2.25. The topological polar surface area (TPSA) is 57.5 Å². The molecule has 0 aromatic heterocycles. The fourth-order valence-corrected chi connectivity index (χ4v) is 1.07. The molecule has 0 unspecified atom stereocenters. The van der Waals surface area contributed by atoms with E-state index in [4.69, 9.17) is 10.2 Å². The van der Waals surface area contributed by atoms with Crippen LogP contribution in [0.3, 0.4) is 0 Å². The smallest absolute Gasteiger partial charge is 0.330 e. The van der Waals surface area contributed by atoms with Crippen LogP contribution >= 0.6 is 0 Å². The third-order valence-corrected chi connectivity index (χ3v) is 2.25. The van der Waals surface area contributed by atoms with E-state index in [-0.39, 0.29) is 0 Å². The summed E-state index contributed by atoms with van der Waals surface area (Å²) in [4.78, 5) is 9.86. The summed E-state index contributed by atoms with van der Waals surface area (Å²) >= 11 is 0. The first-order chi connectivity index (χ1) is 8.01. The van der Waals surface area contributed by atoms with Crippen LogP contribution in [0.4, 0.5) is 0 Å². The maximum absolute atomic E-state index is 9.86. The lowest BCUT2D eigenvalue weighted by Crippen LogP contribution is -1.93. The predicted octanol–water partition coefficient (Wildman–Crippen LogP) is 3.38. The molecule has 1 aromatic carbocycles. The summed E-state index contributed by atoms with van der Waals surface area (Å²) in [7, 11) is 0. The molecule has 3 nitrogen and oxygen atoms in total. The molecule has 0 fully saturated rings. The first-order valence-corrected chi connectivity index (χ1v) is 5.65. The maximum Gasteiger partial charge on any atom is 0.330 e. The Balaban J connectivity index is 0.000000325. The number of hydrogen-bond acceptors (Lipinski definition) is 2. The molecule has 0 aliphatic heterocycles. The number of carbonyl (C=O) groups is 1. The van der Waals surface area contributed by atoms with Crippen molar-refractivity contribution in [3.05, 3.63) is 41.5 Å². The number of hydrogen-bond donors (Lipinski definition) is 2. The average molecular weight is 236 g/mol. The Morgan fingerprint density at radius 2 is 1.82 bits per heavy atom. The zero-order valence-electron chi connectivity index (χ0n) is 10.6. The highest BCUT2D eigenvalue weighted by atomic mass is 16.4. The number of aryl methyl sites for hydroxylation is 1. The zero-order valence-corrected chi connectivity index (χ0v) is 10.6. The van der Waals surface area contributed by atoms with Gasteiger partial charge in [-0.2, -0.15) is 0 Å². The highest BCUT2D eigenvalue weighted by Gasteiger charge is 1.93. The van der Waals surface area contributed by atoms with Gasteiger partial charge in [-0.1, -0.05) is 31.6 Å². The Morgan fingerprint density at radius 3 is 2.12 bits per heavy atom. The summed E-state index contributed by atoms with van der Waals surface area (Å²) in [5.41, 5.74) is 1.68. The normalized spacial score (nSPS) is 10.4. The number of phenolic OH excluding ortho intramolecular Hbond substituents is 1. The molecular weight excluding hydrogens is 216 g/mol. The van der Waals surface area contributed by atoms with Gasteiger partial charge in [0.2, 0.25) is 0 Å². The first-order valence-electron chi connectivity index (χ1n) is 5.65. The van der Waals surface area contributed by atoms with Crippen LogP contribution in [-0.4, -0.2) is 16.2 Å². The highest BCUT2D eigenvalue weighted by Crippen LogP contribution is 2.10. The Morgan fingerprint density at radius 1 is 1.29 bits per heavy atom. The van der Waals surface area contributed by atoms with Gasteiger partial charge in [-0.15, -0.1) is 0 Å². The summed E-state index contributed by atoms with van der Waals surface area (Å²) in [5, 5.41) is 17.0. The number of rotatable bonds is 3. The van der Waals surface area contributed by atoms with E-state index in [9.17, 15) is 4.79 Å². The molecule has 0 aliphatic rings. The molecule has 1 aromatic rings. The minimum Gasteiger partial charge on any atom is -0.508 e. The van der Waals surface area contributed by atoms with Crippen molar-refractivity contribution in [3.8, 4) is 5.75 Å². The van der Waals surface area contributed by atoms with Crippen LogP contribution in [0.5, 0.6) is 5.75 Å². The summed E-state index contributed by atoms with van der Waals surface area (Å²) < 4.78 is 0. The van der Waals surface area contributed by atoms with Gasteiger partial charge >= 0.3 is 5.97 Å². The molecule has 3 heteroatoms. The van der Waals surface area contributed by atoms with Crippen molar-refractivity contribution in [1.29, 1.82) is 0 Å². The van der Waals surface area contributed by atoms with Crippen LogP contribution in [0.1, 0.15) is 32.8 Å². The van der Waals surface area contributed by atoms with Crippen LogP contribution in [0.15, 0.2) is 35.9 Å². The van der Waals surface area contributed by atoms with Crippen molar-refractivity contribution in [2.24, 2.45) is 0 Å². The van der Waals surface area contributed by atoms with E-state index in [0.717, 1.165) is 12.8 Å². The zero-order chi connectivity index (χ0) is 13.3. The number of aromatic hydroxyl groups is 1. The summed E-state index contributed by atoms with van der Waals surface area (Å²) in [6.07, 6.45) is 3.81. The molecule has 0 saturated heterocycles. The van der Waals surface area contributed by atoms with Gasteiger partial charge in [0.15, 0.2) is 0 Å². The summed E-state index contributed by atoms with van der Waals surface area (Å²) in [6.45, 7) is 5.40. The van der Waals surface area contributed by atoms with Gasteiger partial charge in [-0.25, -0.2) is 4.79 Å². The van der Waals surface area contributed by atoms with Crippen molar-refractivity contribution in [2.75, 3.05) is 0 Å². The molecule has 0 atom stereocenters. The van der Waals surface area contributed by atoms with Gasteiger partial charge in [0.25, 0.3) is 0 Å². The standard InChI is InChI=1S/C9H12O.C5H8O2/c1-2-3-8-4-6-9(10)7-5-8;1-3-4(2)5(6)7/h4-7,10H,2-3H2,1H3;3H,1-2H3,(H,6,7). The van der Waals surface area contributed by atoms with E-state index >= 15 is 0 Å². The fourth-order valence-electron chi connectivity index (χ4n) is 1.07. The third kappa shape index (κ3) is 7.17. The number of carboxylic acids is 1. The number of carboxylic acid groups (broad SMARTS) is 1. The molecule has 0 aliphatic carbocycles. The minimum atomic E-state index is -0.845. The highest BCUT2D eigenvalue weighted by molar-refractivity contribution is 5.85. The number of phenols is 1.